The number of rotatable bonds is 11. The third-order valence-electron chi connectivity index (χ3n) is 8.94. The number of aromatic hydroxyl groups is 1. The molecule has 1 nitrogen and oxygen atoms in total. The standard InChI is InChI=1S/C38H48O/c1-6-9-24-38(5,23-7-2)33-20-17-29(18-21-33)25-28(4)26-35-30(8-3)19-22-37(39)36(35)27-32-15-12-14-31-13-10-11-16-34(31)32/h8,10-11,13,16-22,26,32,39H,4,6-7,9,12,14-15,23-25,27H2,1-3,5H3/b30-8?,35-26+. The predicted octanol–water partition coefficient (Wildman–Crippen LogP) is 8.68. The fourth-order valence-electron chi connectivity index (χ4n) is 6.70. The molecule has 0 fully saturated rings. The summed E-state index contributed by atoms with van der Waals surface area (Å²) < 4.78 is 0. The molecule has 0 spiro atoms. The van der Waals surface area contributed by atoms with Gasteiger partial charge in [-0.15, -0.1) is 0 Å². The maximum Gasteiger partial charge on any atom is 0.119 e. The van der Waals surface area contributed by atoms with Gasteiger partial charge in [-0.3, -0.25) is 0 Å². The first-order chi connectivity index (χ1) is 18.9. The number of benzene rings is 3. The lowest BCUT2D eigenvalue weighted by Gasteiger charge is -2.30. The van der Waals surface area contributed by atoms with Gasteiger partial charge in [-0.2, -0.15) is 0 Å². The Balaban J connectivity index is 1.60. The third-order valence-corrected chi connectivity index (χ3v) is 8.94. The quantitative estimate of drug-likeness (QED) is 0.268. The third kappa shape index (κ3) is 6.93. The van der Waals surface area contributed by atoms with Crippen LogP contribution in [0.15, 0.2) is 72.8 Å². The molecule has 0 radical (unpaired) electrons. The van der Waals surface area contributed by atoms with E-state index in [1.54, 1.807) is 0 Å². The molecule has 0 bridgehead atoms. The molecule has 206 valence electrons. The molecule has 3 aromatic rings. The van der Waals surface area contributed by atoms with Gasteiger partial charge in [0.15, 0.2) is 0 Å². The van der Waals surface area contributed by atoms with Crippen molar-refractivity contribution in [1.82, 2.24) is 0 Å². The second-order valence-electron chi connectivity index (χ2n) is 11.9. The van der Waals surface area contributed by atoms with Crippen LogP contribution in [0.2, 0.25) is 0 Å². The summed E-state index contributed by atoms with van der Waals surface area (Å²) in [6.07, 6.45) is 15.8. The van der Waals surface area contributed by atoms with Gasteiger partial charge >= 0.3 is 0 Å². The minimum Gasteiger partial charge on any atom is -0.508 e. The van der Waals surface area contributed by atoms with E-state index in [0.29, 0.717) is 11.7 Å². The zero-order valence-electron chi connectivity index (χ0n) is 24.7. The molecule has 1 aliphatic carbocycles. The molecule has 39 heavy (non-hydrogen) atoms. The summed E-state index contributed by atoms with van der Waals surface area (Å²) in [6, 6.07) is 22.0. The van der Waals surface area contributed by atoms with Gasteiger partial charge in [-0.1, -0.05) is 119 Å². The van der Waals surface area contributed by atoms with Crippen LogP contribution >= 0.6 is 0 Å². The minimum atomic E-state index is 0.256. The molecular formula is C38H48O. The number of phenolic OH excluding ortho intramolecular Hbond substituents is 1. The largest absolute Gasteiger partial charge is 0.508 e. The van der Waals surface area contributed by atoms with Crippen molar-refractivity contribution >= 4 is 12.2 Å². The predicted molar refractivity (Wildman–Crippen MR) is 169 cm³/mol. The maximum atomic E-state index is 11.0. The monoisotopic (exact) mass is 520 g/mol. The van der Waals surface area contributed by atoms with Crippen molar-refractivity contribution in [3.8, 4) is 5.75 Å². The highest BCUT2D eigenvalue weighted by Gasteiger charge is 2.25. The van der Waals surface area contributed by atoms with Crippen LogP contribution in [0.5, 0.6) is 5.75 Å². The second kappa shape index (κ2) is 13.3. The van der Waals surface area contributed by atoms with Gasteiger partial charge in [-0.05, 0) is 102 Å². The molecule has 0 aliphatic heterocycles. The minimum absolute atomic E-state index is 0.256. The fourth-order valence-corrected chi connectivity index (χ4v) is 6.70. The molecule has 0 saturated carbocycles. The number of aryl methyl sites for hydroxylation is 1. The normalized spacial score (nSPS) is 17.6. The average Bonchev–Trinajstić information content (AvgIpc) is 2.94. The topological polar surface area (TPSA) is 20.2 Å². The first-order valence-corrected chi connectivity index (χ1v) is 15.2. The molecule has 0 amide bonds. The van der Waals surface area contributed by atoms with Gasteiger partial charge in [0.25, 0.3) is 0 Å². The van der Waals surface area contributed by atoms with Gasteiger partial charge in [-0.25, -0.2) is 0 Å². The Morgan fingerprint density at radius 2 is 1.77 bits per heavy atom. The lowest BCUT2D eigenvalue weighted by Crippen LogP contribution is -2.30. The lowest BCUT2D eigenvalue weighted by atomic mass is 9.74. The number of hydrogen-bond acceptors (Lipinski definition) is 1. The summed E-state index contributed by atoms with van der Waals surface area (Å²) in [7, 11) is 0. The first-order valence-electron chi connectivity index (χ1n) is 15.2. The molecule has 0 heterocycles. The van der Waals surface area contributed by atoms with Crippen molar-refractivity contribution in [3.63, 3.8) is 0 Å². The van der Waals surface area contributed by atoms with Gasteiger partial charge < -0.3 is 5.11 Å². The molecule has 2 unspecified atom stereocenters. The van der Waals surface area contributed by atoms with E-state index in [2.05, 4.69) is 95.0 Å². The molecule has 0 saturated heterocycles. The molecule has 2 atom stereocenters. The Morgan fingerprint density at radius 1 is 1.00 bits per heavy atom. The van der Waals surface area contributed by atoms with Crippen LogP contribution in [0, 0.1) is 0 Å². The van der Waals surface area contributed by atoms with Crippen LogP contribution in [0.25, 0.3) is 12.2 Å². The Bertz CT molecular complexity index is 1380. The van der Waals surface area contributed by atoms with E-state index in [1.165, 1.54) is 67.2 Å². The highest BCUT2D eigenvalue weighted by atomic mass is 16.3. The van der Waals surface area contributed by atoms with E-state index in [0.717, 1.165) is 40.8 Å². The smallest absolute Gasteiger partial charge is 0.119 e. The van der Waals surface area contributed by atoms with Crippen LogP contribution < -0.4 is 10.4 Å². The van der Waals surface area contributed by atoms with Gasteiger partial charge in [0.05, 0.1) is 0 Å². The zero-order chi connectivity index (χ0) is 27.8. The molecule has 0 aromatic heterocycles. The van der Waals surface area contributed by atoms with Crippen molar-refractivity contribution in [2.75, 3.05) is 0 Å². The summed E-state index contributed by atoms with van der Waals surface area (Å²) in [6.45, 7) is 13.6. The molecular weight excluding hydrogens is 472 g/mol. The molecule has 1 aliphatic rings. The molecule has 1 heteroatoms. The Labute approximate surface area is 237 Å². The van der Waals surface area contributed by atoms with Crippen LogP contribution in [0.4, 0.5) is 0 Å². The van der Waals surface area contributed by atoms with E-state index in [1.807, 2.05) is 12.1 Å². The summed E-state index contributed by atoms with van der Waals surface area (Å²) in [5, 5.41) is 13.3. The number of allylic oxidation sites excluding steroid dienone is 1. The molecule has 1 N–H and O–H groups in total. The van der Waals surface area contributed by atoms with E-state index in [9.17, 15) is 5.11 Å². The van der Waals surface area contributed by atoms with Crippen molar-refractivity contribution < 1.29 is 5.11 Å². The number of unbranched alkanes of at least 4 members (excludes halogenated alkanes) is 1. The van der Waals surface area contributed by atoms with Gasteiger partial charge in [0, 0.05) is 5.56 Å². The fraction of sp³-hybridized carbons (Fsp3) is 0.421. The summed E-state index contributed by atoms with van der Waals surface area (Å²) in [5.74, 6) is 0.834. The van der Waals surface area contributed by atoms with E-state index < -0.39 is 0 Å². The van der Waals surface area contributed by atoms with Crippen LogP contribution in [0.3, 0.4) is 0 Å². The lowest BCUT2D eigenvalue weighted by molar-refractivity contribution is 0.383. The Morgan fingerprint density at radius 3 is 2.49 bits per heavy atom. The second-order valence-corrected chi connectivity index (χ2v) is 11.9. The number of hydrogen-bond donors (Lipinski definition) is 1. The van der Waals surface area contributed by atoms with Crippen molar-refractivity contribution in [2.45, 2.75) is 103 Å². The highest BCUT2D eigenvalue weighted by molar-refractivity contribution is 5.53. The van der Waals surface area contributed by atoms with E-state index in [4.69, 9.17) is 0 Å². The van der Waals surface area contributed by atoms with E-state index >= 15 is 0 Å². The maximum absolute atomic E-state index is 11.0. The highest BCUT2D eigenvalue weighted by Crippen LogP contribution is 2.36. The van der Waals surface area contributed by atoms with Crippen molar-refractivity contribution in [1.29, 1.82) is 0 Å². The average molecular weight is 521 g/mol. The molecule has 4 rings (SSSR count). The van der Waals surface area contributed by atoms with E-state index in [-0.39, 0.29) is 5.41 Å². The first kappa shape index (κ1) is 28.9. The number of phenols is 1. The van der Waals surface area contributed by atoms with Crippen molar-refractivity contribution in [2.24, 2.45) is 0 Å². The SMILES string of the molecule is C=C(/C=c1/c(CC2CCCc3ccccc32)c(O)ccc1=CC)Cc1ccc(C(C)(CCC)CCCC)cc1. The Hall–Kier alpha value is -3.06. The van der Waals surface area contributed by atoms with Crippen molar-refractivity contribution in [3.05, 3.63) is 111 Å². The summed E-state index contributed by atoms with van der Waals surface area (Å²) in [4.78, 5) is 0. The Kier molecular flexibility index (Phi) is 9.89. The van der Waals surface area contributed by atoms with Crippen LogP contribution in [0.1, 0.15) is 106 Å². The summed E-state index contributed by atoms with van der Waals surface area (Å²) >= 11 is 0. The number of fused-ring (bicyclic) bond motifs is 1. The van der Waals surface area contributed by atoms with Gasteiger partial charge in [0.1, 0.15) is 5.75 Å². The summed E-state index contributed by atoms with van der Waals surface area (Å²) in [5.41, 5.74) is 8.05. The van der Waals surface area contributed by atoms with Gasteiger partial charge in [0.2, 0.25) is 0 Å². The molecule has 3 aromatic carbocycles. The zero-order valence-corrected chi connectivity index (χ0v) is 24.7. The van der Waals surface area contributed by atoms with Crippen LogP contribution in [-0.4, -0.2) is 5.11 Å². The van der Waals surface area contributed by atoms with Crippen LogP contribution in [-0.2, 0) is 24.7 Å².